The predicted octanol–water partition coefficient (Wildman–Crippen LogP) is 4.48. The number of carbonyl (C=O) groups excluding carboxylic acids is 1. The number of pyridine rings is 1. The molecule has 0 atom stereocenters. The molecule has 0 radical (unpaired) electrons. The molecule has 174 valence electrons. The average Bonchev–Trinajstić information content (AvgIpc) is 3.62. The third-order valence-corrected chi connectivity index (χ3v) is 6.19. The van der Waals surface area contributed by atoms with Gasteiger partial charge in [0.25, 0.3) is 11.5 Å². The Balaban J connectivity index is 1.66. The molecule has 2 aromatic heterocycles. The van der Waals surface area contributed by atoms with Gasteiger partial charge in [-0.25, -0.2) is 4.68 Å². The van der Waals surface area contributed by atoms with Crippen molar-refractivity contribution in [3.8, 4) is 11.4 Å². The van der Waals surface area contributed by atoms with Gasteiger partial charge >= 0.3 is 0 Å². The van der Waals surface area contributed by atoms with Gasteiger partial charge in [-0.05, 0) is 72.7 Å². The molecular formula is C27H29N5O2. The highest BCUT2D eigenvalue weighted by Crippen LogP contribution is 2.44. The first kappa shape index (κ1) is 21.9. The number of nitrogens with zero attached hydrogens (tertiary/aromatic N) is 3. The van der Waals surface area contributed by atoms with E-state index in [-0.39, 0.29) is 11.5 Å². The van der Waals surface area contributed by atoms with E-state index < -0.39 is 0 Å². The molecule has 0 bridgehead atoms. The summed E-state index contributed by atoms with van der Waals surface area (Å²) in [6, 6.07) is 17.1. The first-order chi connectivity index (χ1) is 16.5. The van der Waals surface area contributed by atoms with Crippen molar-refractivity contribution in [2.75, 3.05) is 18.9 Å². The van der Waals surface area contributed by atoms with Crippen LogP contribution in [0.5, 0.6) is 0 Å². The standard InChI is InChI=1S/C27H29N5O2/c1-17(2)16-29-19-9-11-20(12-10-19)32-26(27(34)28-3)22-14-21(18-7-8-18)24(15-23(22)30-32)31-13-5-4-6-25(31)33/h4-6,9-15,17-18,29H,7-8,16H2,1-3H3,(H,28,34). The topological polar surface area (TPSA) is 81.0 Å². The zero-order chi connectivity index (χ0) is 23.8. The molecule has 5 rings (SSSR count). The molecular weight excluding hydrogens is 426 g/mol. The van der Waals surface area contributed by atoms with Crippen LogP contribution in [0.25, 0.3) is 22.3 Å². The lowest BCUT2D eigenvalue weighted by molar-refractivity contribution is 0.0957. The fourth-order valence-corrected chi connectivity index (χ4v) is 4.26. The summed E-state index contributed by atoms with van der Waals surface area (Å²) >= 11 is 0. The van der Waals surface area contributed by atoms with Gasteiger partial charge in [0, 0.05) is 36.9 Å². The maximum absolute atomic E-state index is 13.0. The lowest BCUT2D eigenvalue weighted by atomic mass is 10.0. The van der Waals surface area contributed by atoms with E-state index in [0.717, 1.165) is 47.4 Å². The van der Waals surface area contributed by atoms with E-state index in [1.807, 2.05) is 36.4 Å². The molecule has 0 unspecified atom stereocenters. The van der Waals surface area contributed by atoms with Crippen molar-refractivity contribution in [1.29, 1.82) is 0 Å². The molecule has 2 heterocycles. The second-order valence-electron chi connectivity index (χ2n) is 9.27. The minimum atomic E-state index is -0.198. The van der Waals surface area contributed by atoms with Gasteiger partial charge in [-0.15, -0.1) is 0 Å². The molecule has 0 spiro atoms. The van der Waals surface area contributed by atoms with Gasteiger partial charge in [0.1, 0.15) is 5.69 Å². The number of aromatic nitrogens is 3. The quantitative estimate of drug-likeness (QED) is 0.431. The van der Waals surface area contributed by atoms with Crippen LogP contribution >= 0.6 is 0 Å². The number of fused-ring (bicyclic) bond motifs is 1. The zero-order valence-corrected chi connectivity index (χ0v) is 19.7. The summed E-state index contributed by atoms with van der Waals surface area (Å²) in [5.74, 6) is 0.734. The van der Waals surface area contributed by atoms with Crippen LogP contribution in [-0.2, 0) is 0 Å². The second kappa shape index (κ2) is 8.82. The fourth-order valence-electron chi connectivity index (χ4n) is 4.26. The molecule has 2 aromatic carbocycles. The van der Waals surface area contributed by atoms with E-state index in [0.29, 0.717) is 23.0 Å². The predicted molar refractivity (Wildman–Crippen MR) is 135 cm³/mol. The Labute approximate surface area is 198 Å². The maximum atomic E-state index is 13.0. The number of carbonyl (C=O) groups is 1. The molecule has 2 N–H and O–H groups in total. The number of rotatable bonds is 7. The summed E-state index contributed by atoms with van der Waals surface area (Å²) in [7, 11) is 1.63. The van der Waals surface area contributed by atoms with Gasteiger partial charge in [-0.1, -0.05) is 19.9 Å². The van der Waals surface area contributed by atoms with Crippen LogP contribution in [0.2, 0.25) is 0 Å². The minimum Gasteiger partial charge on any atom is -0.385 e. The summed E-state index contributed by atoms with van der Waals surface area (Å²) in [6.07, 6.45) is 3.94. The van der Waals surface area contributed by atoms with Crippen molar-refractivity contribution in [1.82, 2.24) is 19.7 Å². The van der Waals surface area contributed by atoms with Gasteiger partial charge in [0.05, 0.1) is 16.9 Å². The minimum absolute atomic E-state index is 0.0841. The number of hydrogen-bond acceptors (Lipinski definition) is 4. The van der Waals surface area contributed by atoms with E-state index >= 15 is 0 Å². The van der Waals surface area contributed by atoms with Crippen molar-refractivity contribution in [2.45, 2.75) is 32.6 Å². The summed E-state index contributed by atoms with van der Waals surface area (Å²) < 4.78 is 3.37. The van der Waals surface area contributed by atoms with Crippen molar-refractivity contribution < 1.29 is 4.79 Å². The summed E-state index contributed by atoms with van der Waals surface area (Å²) in [6.45, 7) is 5.22. The van der Waals surface area contributed by atoms with Crippen molar-refractivity contribution in [2.24, 2.45) is 5.92 Å². The monoisotopic (exact) mass is 455 g/mol. The van der Waals surface area contributed by atoms with Crippen LogP contribution in [-0.4, -0.2) is 33.8 Å². The van der Waals surface area contributed by atoms with Crippen molar-refractivity contribution >= 4 is 22.5 Å². The molecule has 0 aliphatic heterocycles. The highest BCUT2D eigenvalue weighted by molar-refractivity contribution is 6.06. The van der Waals surface area contributed by atoms with Crippen LogP contribution < -0.4 is 16.2 Å². The van der Waals surface area contributed by atoms with Crippen LogP contribution in [0.4, 0.5) is 5.69 Å². The average molecular weight is 456 g/mol. The first-order valence-corrected chi connectivity index (χ1v) is 11.8. The Morgan fingerprint density at radius 2 is 1.88 bits per heavy atom. The normalized spacial score (nSPS) is 13.4. The highest BCUT2D eigenvalue weighted by atomic mass is 16.2. The van der Waals surface area contributed by atoms with Gasteiger partial charge in [-0.2, -0.15) is 5.10 Å². The Morgan fingerprint density at radius 1 is 1.12 bits per heavy atom. The highest BCUT2D eigenvalue weighted by Gasteiger charge is 2.29. The van der Waals surface area contributed by atoms with E-state index in [1.54, 1.807) is 34.6 Å². The Kier molecular flexibility index (Phi) is 5.69. The van der Waals surface area contributed by atoms with Gasteiger partial charge in [-0.3, -0.25) is 14.2 Å². The van der Waals surface area contributed by atoms with E-state index in [2.05, 4.69) is 30.5 Å². The lowest BCUT2D eigenvalue weighted by Gasteiger charge is -2.12. The summed E-state index contributed by atoms with van der Waals surface area (Å²) in [5.41, 5.74) is 4.83. The Morgan fingerprint density at radius 3 is 2.53 bits per heavy atom. The van der Waals surface area contributed by atoms with E-state index in [4.69, 9.17) is 5.10 Å². The number of nitrogens with one attached hydrogen (secondary N) is 2. The SMILES string of the molecule is CNC(=O)c1c2cc(C3CC3)c(-n3ccccc3=O)cc2nn1-c1ccc(NCC(C)C)cc1. The molecule has 1 fully saturated rings. The molecule has 7 heteroatoms. The lowest BCUT2D eigenvalue weighted by Crippen LogP contribution is -2.22. The Hall–Kier alpha value is -3.87. The molecule has 1 amide bonds. The first-order valence-electron chi connectivity index (χ1n) is 11.8. The molecule has 7 nitrogen and oxygen atoms in total. The number of benzene rings is 2. The molecule has 1 saturated carbocycles. The van der Waals surface area contributed by atoms with E-state index in [9.17, 15) is 9.59 Å². The molecule has 1 aliphatic rings. The summed E-state index contributed by atoms with van der Waals surface area (Å²) in [4.78, 5) is 25.6. The van der Waals surface area contributed by atoms with Crippen LogP contribution in [0.1, 0.15) is 48.7 Å². The number of amides is 1. The smallest absolute Gasteiger partial charge is 0.270 e. The van der Waals surface area contributed by atoms with Crippen LogP contribution in [0.15, 0.2) is 65.6 Å². The van der Waals surface area contributed by atoms with Crippen molar-refractivity contribution in [3.05, 3.63) is 82.4 Å². The molecule has 1 aliphatic carbocycles. The molecule has 0 saturated heterocycles. The number of hydrogen-bond donors (Lipinski definition) is 2. The fraction of sp³-hybridized carbons (Fsp3) is 0.296. The largest absolute Gasteiger partial charge is 0.385 e. The summed E-state index contributed by atoms with van der Waals surface area (Å²) in [5, 5.41) is 11.8. The third kappa shape index (κ3) is 4.09. The molecule has 4 aromatic rings. The second-order valence-corrected chi connectivity index (χ2v) is 9.27. The molecule has 34 heavy (non-hydrogen) atoms. The third-order valence-electron chi connectivity index (χ3n) is 6.19. The van der Waals surface area contributed by atoms with Crippen LogP contribution in [0, 0.1) is 5.92 Å². The van der Waals surface area contributed by atoms with E-state index in [1.165, 1.54) is 0 Å². The maximum Gasteiger partial charge on any atom is 0.270 e. The number of anilines is 1. The van der Waals surface area contributed by atoms with Gasteiger partial charge in [0.15, 0.2) is 0 Å². The van der Waals surface area contributed by atoms with Crippen molar-refractivity contribution in [3.63, 3.8) is 0 Å². The van der Waals surface area contributed by atoms with Gasteiger partial charge < -0.3 is 10.6 Å². The zero-order valence-electron chi connectivity index (χ0n) is 19.7. The Bertz CT molecular complexity index is 1410. The van der Waals surface area contributed by atoms with Gasteiger partial charge in [0.2, 0.25) is 0 Å². The van der Waals surface area contributed by atoms with Crippen LogP contribution in [0.3, 0.4) is 0 Å².